The van der Waals surface area contributed by atoms with Gasteiger partial charge in [0.05, 0.1) is 25.3 Å². The van der Waals surface area contributed by atoms with Crippen molar-refractivity contribution in [3.8, 4) is 0 Å². The Balaban J connectivity index is 1.74. The van der Waals surface area contributed by atoms with E-state index >= 15 is 0 Å². The molecule has 1 unspecified atom stereocenters. The zero-order valence-corrected chi connectivity index (χ0v) is 17.1. The van der Waals surface area contributed by atoms with Gasteiger partial charge in [-0.05, 0) is 26.0 Å². The number of hydrogen-bond donors (Lipinski definition) is 0. The minimum Gasteiger partial charge on any atom is -0.469 e. The number of carbonyl (C=O) groups is 1. The van der Waals surface area contributed by atoms with Crippen LogP contribution in [-0.2, 0) is 9.53 Å². The Labute approximate surface area is 168 Å². The molecular weight excluding hydrogens is 352 g/mol. The average molecular weight is 385 g/mol. The molecule has 2 heterocycles. The first-order valence-corrected chi connectivity index (χ1v) is 10.6. The summed E-state index contributed by atoms with van der Waals surface area (Å²) >= 11 is 0. The Kier molecular flexibility index (Phi) is 5.85. The zero-order chi connectivity index (χ0) is 19.5. The smallest absolute Gasteiger partial charge is 0.307 e. The molecule has 0 N–H and O–H groups in total. The highest BCUT2D eigenvalue weighted by atomic mass is 16.5. The van der Waals surface area contributed by atoms with E-state index < -0.39 is 0 Å². The summed E-state index contributed by atoms with van der Waals surface area (Å²) in [5.41, 5.74) is 2.15. The number of piperazine rings is 1. The third kappa shape index (κ3) is 3.88. The number of hydrogen-bond acceptors (Lipinski definition) is 6. The summed E-state index contributed by atoms with van der Waals surface area (Å²) in [4.78, 5) is 24.7. The lowest BCUT2D eigenvalue weighted by molar-refractivity contribution is -0.142. The number of fused-ring (bicyclic) bond motifs is 1. The Hall–Kier alpha value is -2.08. The molecule has 0 bridgehead atoms. The third-order valence-electron chi connectivity index (χ3n) is 6.42. The first-order valence-electron chi connectivity index (χ1n) is 10.6. The monoisotopic (exact) mass is 384 g/mol. The van der Waals surface area contributed by atoms with Crippen LogP contribution < -0.4 is 0 Å². The molecule has 28 heavy (non-hydrogen) atoms. The summed E-state index contributed by atoms with van der Waals surface area (Å²) in [5, 5.41) is 0. The van der Waals surface area contributed by atoms with E-state index in [1.807, 2.05) is 6.07 Å². The third-order valence-corrected chi connectivity index (χ3v) is 6.42. The number of carbonyl (C=O) groups excluding carboxylic acids is 1. The van der Waals surface area contributed by atoms with Gasteiger partial charge in [0.15, 0.2) is 0 Å². The van der Waals surface area contributed by atoms with E-state index in [0.717, 1.165) is 43.4 Å². The molecule has 6 nitrogen and oxygen atoms in total. The van der Waals surface area contributed by atoms with Gasteiger partial charge in [0.2, 0.25) is 5.96 Å². The second-order valence-electron chi connectivity index (χ2n) is 8.26. The summed E-state index contributed by atoms with van der Waals surface area (Å²) in [7, 11) is 3.66. The van der Waals surface area contributed by atoms with Crippen LogP contribution >= 0.6 is 0 Å². The maximum absolute atomic E-state index is 12.3. The van der Waals surface area contributed by atoms with E-state index in [1.165, 1.54) is 39.2 Å². The van der Waals surface area contributed by atoms with Gasteiger partial charge < -0.3 is 19.4 Å². The summed E-state index contributed by atoms with van der Waals surface area (Å²) in [6, 6.07) is 8.74. The number of ether oxygens (including phenoxy) is 1. The Morgan fingerprint density at radius 3 is 2.54 bits per heavy atom. The van der Waals surface area contributed by atoms with Gasteiger partial charge in [0.1, 0.15) is 0 Å². The maximum Gasteiger partial charge on any atom is 0.307 e. The van der Waals surface area contributed by atoms with Crippen molar-refractivity contribution >= 4 is 17.6 Å². The summed E-state index contributed by atoms with van der Waals surface area (Å²) in [6.07, 6.45) is 6.53. The van der Waals surface area contributed by atoms with Crippen molar-refractivity contribution in [2.24, 2.45) is 4.99 Å². The summed E-state index contributed by atoms with van der Waals surface area (Å²) < 4.78 is 5.07. The summed E-state index contributed by atoms with van der Waals surface area (Å²) in [5.74, 6) is 0.910. The van der Waals surface area contributed by atoms with Crippen LogP contribution in [0.1, 0.15) is 50.1 Å². The minimum absolute atomic E-state index is 0.00101. The van der Waals surface area contributed by atoms with Gasteiger partial charge in [-0.25, -0.2) is 4.99 Å². The molecule has 2 aliphatic heterocycles. The fourth-order valence-corrected chi connectivity index (χ4v) is 4.79. The highest BCUT2D eigenvalue weighted by Gasteiger charge is 2.39. The van der Waals surface area contributed by atoms with Gasteiger partial charge in [0.25, 0.3) is 0 Å². The first kappa shape index (κ1) is 19.2. The van der Waals surface area contributed by atoms with E-state index in [2.05, 4.69) is 39.9 Å². The molecule has 2 fully saturated rings. The fourth-order valence-electron chi connectivity index (χ4n) is 4.79. The van der Waals surface area contributed by atoms with Crippen LogP contribution in [0.3, 0.4) is 0 Å². The maximum atomic E-state index is 12.3. The SMILES string of the molecule is COC(=O)CC1c2ccccc2N=C(N2CCN(C)CC2)N1C1CCCCC1. The molecule has 1 aromatic rings. The quantitative estimate of drug-likeness (QED) is 0.749. The van der Waals surface area contributed by atoms with Gasteiger partial charge >= 0.3 is 5.97 Å². The van der Waals surface area contributed by atoms with Crippen molar-refractivity contribution in [3.05, 3.63) is 29.8 Å². The molecule has 0 aromatic heterocycles. The van der Waals surface area contributed by atoms with Crippen LogP contribution in [0.4, 0.5) is 5.69 Å². The zero-order valence-electron chi connectivity index (χ0n) is 17.1. The fraction of sp³-hybridized carbons (Fsp3) is 0.636. The van der Waals surface area contributed by atoms with Crippen molar-refractivity contribution in [1.82, 2.24) is 14.7 Å². The Morgan fingerprint density at radius 1 is 1.11 bits per heavy atom. The molecule has 4 rings (SSSR count). The highest BCUT2D eigenvalue weighted by Crippen LogP contribution is 2.41. The van der Waals surface area contributed by atoms with Gasteiger partial charge in [-0.2, -0.15) is 0 Å². The van der Waals surface area contributed by atoms with E-state index in [0.29, 0.717) is 12.5 Å². The Morgan fingerprint density at radius 2 is 1.82 bits per heavy atom. The van der Waals surface area contributed by atoms with Crippen LogP contribution in [0.15, 0.2) is 29.3 Å². The van der Waals surface area contributed by atoms with Crippen molar-refractivity contribution in [3.63, 3.8) is 0 Å². The van der Waals surface area contributed by atoms with E-state index in [1.54, 1.807) is 0 Å². The predicted molar refractivity (Wildman–Crippen MR) is 111 cm³/mol. The topological polar surface area (TPSA) is 48.4 Å². The second-order valence-corrected chi connectivity index (χ2v) is 8.26. The van der Waals surface area contributed by atoms with Gasteiger partial charge in [0, 0.05) is 37.8 Å². The number of para-hydroxylation sites is 1. The lowest BCUT2D eigenvalue weighted by Gasteiger charge is -2.48. The van der Waals surface area contributed by atoms with Gasteiger partial charge in [-0.1, -0.05) is 37.5 Å². The normalized spacial score (nSPS) is 23.9. The average Bonchev–Trinajstić information content (AvgIpc) is 2.74. The summed E-state index contributed by atoms with van der Waals surface area (Å²) in [6.45, 7) is 4.04. The molecule has 152 valence electrons. The number of nitrogens with zero attached hydrogens (tertiary/aromatic N) is 4. The van der Waals surface area contributed by atoms with E-state index in [-0.39, 0.29) is 12.0 Å². The van der Waals surface area contributed by atoms with Gasteiger partial charge in [-0.15, -0.1) is 0 Å². The number of benzene rings is 1. The molecule has 0 amide bonds. The number of methoxy groups -OCH3 is 1. The second kappa shape index (κ2) is 8.52. The molecule has 3 aliphatic rings. The molecule has 1 aliphatic carbocycles. The van der Waals surface area contributed by atoms with Crippen LogP contribution in [-0.4, -0.2) is 73.0 Å². The first-order chi connectivity index (χ1) is 13.7. The number of likely N-dealkylation sites (N-methyl/N-ethyl adjacent to an activating group) is 1. The van der Waals surface area contributed by atoms with Crippen molar-refractivity contribution in [2.45, 2.75) is 50.6 Å². The molecule has 6 heteroatoms. The van der Waals surface area contributed by atoms with Crippen LogP contribution in [0.25, 0.3) is 0 Å². The van der Waals surface area contributed by atoms with Crippen molar-refractivity contribution in [2.75, 3.05) is 40.3 Å². The molecular formula is C22H32N4O2. The molecule has 1 saturated carbocycles. The molecule has 1 saturated heterocycles. The largest absolute Gasteiger partial charge is 0.469 e. The van der Waals surface area contributed by atoms with Crippen LogP contribution in [0.5, 0.6) is 0 Å². The molecule has 1 atom stereocenters. The number of esters is 1. The minimum atomic E-state index is -0.153. The number of guanidine groups is 1. The number of aliphatic imine (C=N–C) groups is 1. The molecule has 0 spiro atoms. The van der Waals surface area contributed by atoms with Gasteiger partial charge in [-0.3, -0.25) is 4.79 Å². The van der Waals surface area contributed by atoms with Crippen molar-refractivity contribution < 1.29 is 9.53 Å². The lowest BCUT2D eigenvalue weighted by atomic mass is 9.90. The molecule has 1 aromatic carbocycles. The van der Waals surface area contributed by atoms with E-state index in [4.69, 9.17) is 9.73 Å². The van der Waals surface area contributed by atoms with Crippen molar-refractivity contribution in [1.29, 1.82) is 0 Å². The van der Waals surface area contributed by atoms with Crippen LogP contribution in [0.2, 0.25) is 0 Å². The lowest BCUT2D eigenvalue weighted by Crippen LogP contribution is -2.57. The standard InChI is InChI=1S/C22H32N4O2/c1-24-12-14-25(15-13-24)22-23-19-11-7-6-10-18(19)20(16-21(27)28-2)26(22)17-8-4-3-5-9-17/h6-7,10-11,17,20H,3-5,8-9,12-16H2,1-2H3. The number of rotatable bonds is 3. The van der Waals surface area contributed by atoms with Crippen LogP contribution in [0, 0.1) is 0 Å². The van der Waals surface area contributed by atoms with E-state index in [9.17, 15) is 4.79 Å². The molecule has 0 radical (unpaired) electrons. The predicted octanol–water partition coefficient (Wildman–Crippen LogP) is 3.17. The Bertz CT molecular complexity index is 721. The highest BCUT2D eigenvalue weighted by molar-refractivity contribution is 5.87.